The van der Waals surface area contributed by atoms with Crippen molar-refractivity contribution in [2.24, 2.45) is 5.92 Å². The first kappa shape index (κ1) is 25.2. The minimum absolute atomic E-state index is 0.287. The average molecular weight is 409 g/mol. The molecule has 1 saturated heterocycles. The van der Waals surface area contributed by atoms with Gasteiger partial charge in [-0.15, -0.1) is 0 Å². The van der Waals surface area contributed by atoms with Crippen LogP contribution in [0.15, 0.2) is 59.1 Å². The summed E-state index contributed by atoms with van der Waals surface area (Å²) in [5, 5.41) is 3.47. The molecule has 0 amide bonds. The molecular weight excluding hydrogens is 370 g/mol. The highest BCUT2D eigenvalue weighted by atomic mass is 19.3. The van der Waals surface area contributed by atoms with Crippen LogP contribution < -0.4 is 5.32 Å². The molecule has 0 spiro atoms. The first-order valence-electron chi connectivity index (χ1n) is 10.5. The van der Waals surface area contributed by atoms with E-state index in [9.17, 15) is 8.78 Å². The van der Waals surface area contributed by atoms with Gasteiger partial charge in [-0.2, -0.15) is 0 Å². The average Bonchev–Trinajstić information content (AvgIpc) is 2.63. The molecule has 0 atom stereocenters. The molecule has 0 unspecified atom stereocenters. The van der Waals surface area contributed by atoms with Gasteiger partial charge in [0.1, 0.15) is 0 Å². The second-order valence-corrected chi connectivity index (χ2v) is 7.89. The Balaban J connectivity index is 3.39. The van der Waals surface area contributed by atoms with Crippen LogP contribution in [-0.4, -0.2) is 37.1 Å². The van der Waals surface area contributed by atoms with E-state index in [2.05, 4.69) is 50.6 Å². The van der Waals surface area contributed by atoms with Gasteiger partial charge in [0.25, 0.3) is 0 Å². The van der Waals surface area contributed by atoms with Gasteiger partial charge >= 0.3 is 0 Å². The van der Waals surface area contributed by atoms with E-state index in [1.807, 2.05) is 13.0 Å². The molecule has 5 heteroatoms. The maximum atomic E-state index is 13.7. The lowest BCUT2D eigenvalue weighted by Gasteiger charge is -2.33. The summed E-state index contributed by atoms with van der Waals surface area (Å²) >= 11 is 0. The molecule has 0 saturated carbocycles. The first-order chi connectivity index (χ1) is 13.6. The Morgan fingerprint density at radius 1 is 1.21 bits per heavy atom. The Kier molecular flexibility index (Phi) is 10.4. The number of allylic oxidation sites excluding steroid dienone is 7. The van der Waals surface area contributed by atoms with E-state index in [0.717, 1.165) is 54.7 Å². The van der Waals surface area contributed by atoms with Crippen LogP contribution in [0.1, 0.15) is 54.4 Å². The van der Waals surface area contributed by atoms with Crippen LogP contribution >= 0.6 is 0 Å². The summed E-state index contributed by atoms with van der Waals surface area (Å²) in [5.74, 6) is -2.47. The van der Waals surface area contributed by atoms with Crippen molar-refractivity contribution in [3.63, 3.8) is 0 Å². The largest absolute Gasteiger partial charge is 0.378 e. The van der Waals surface area contributed by atoms with Crippen LogP contribution in [0, 0.1) is 5.92 Å². The fraction of sp³-hybridized carbons (Fsp3) is 0.583. The minimum atomic E-state index is -2.76. The van der Waals surface area contributed by atoms with E-state index >= 15 is 0 Å². The van der Waals surface area contributed by atoms with Gasteiger partial charge in [-0.1, -0.05) is 51.7 Å². The Morgan fingerprint density at radius 2 is 1.83 bits per heavy atom. The monoisotopic (exact) mass is 408 g/mol. The number of alkyl halides is 2. The number of halogens is 2. The van der Waals surface area contributed by atoms with Crippen molar-refractivity contribution in [3.05, 3.63) is 59.1 Å². The summed E-state index contributed by atoms with van der Waals surface area (Å²) in [5.41, 5.74) is 4.95. The van der Waals surface area contributed by atoms with Gasteiger partial charge in [-0.3, -0.25) is 0 Å². The van der Waals surface area contributed by atoms with Crippen molar-refractivity contribution < 1.29 is 13.5 Å². The van der Waals surface area contributed by atoms with Crippen LogP contribution in [0.2, 0.25) is 0 Å². The molecule has 1 heterocycles. The standard InChI is InChI=1S/C24H38F2N2O/c1-8-10-19(5)23(18(3)4)20(6)27-21(12-13-24(7,25)26)22(11-9-2)28-14-16-29-17-15-28/h8,10-12,18,27H,1,9,13-17H2,2-7H3/b19-10-,21-12+,22-11+,23-20+. The SMILES string of the molecule is C=C/C=C(C)\C(=C(/C)NC(=C/CC(C)(F)F)/C(=C\CC)N1CCOCC1)C(C)C. The fourth-order valence-electron chi connectivity index (χ4n) is 3.63. The summed E-state index contributed by atoms with van der Waals surface area (Å²) < 4.78 is 32.8. The Labute approximate surface area is 175 Å². The molecule has 3 nitrogen and oxygen atoms in total. The van der Waals surface area contributed by atoms with Gasteiger partial charge in [0.2, 0.25) is 5.92 Å². The molecule has 1 fully saturated rings. The molecule has 0 bridgehead atoms. The first-order valence-corrected chi connectivity index (χ1v) is 10.5. The number of morpholine rings is 1. The predicted molar refractivity (Wildman–Crippen MR) is 119 cm³/mol. The van der Waals surface area contributed by atoms with Gasteiger partial charge in [-0.05, 0) is 44.3 Å². The molecule has 0 radical (unpaired) electrons. The van der Waals surface area contributed by atoms with Gasteiger partial charge in [0.15, 0.2) is 0 Å². The van der Waals surface area contributed by atoms with Gasteiger partial charge in [0.05, 0.1) is 24.6 Å². The fourth-order valence-corrected chi connectivity index (χ4v) is 3.63. The molecule has 0 aliphatic carbocycles. The van der Waals surface area contributed by atoms with Gasteiger partial charge in [0, 0.05) is 25.2 Å². The highest BCUT2D eigenvalue weighted by molar-refractivity contribution is 5.40. The van der Waals surface area contributed by atoms with Crippen LogP contribution in [-0.2, 0) is 4.74 Å². The van der Waals surface area contributed by atoms with E-state index in [4.69, 9.17) is 4.74 Å². The lowest BCUT2D eigenvalue weighted by Crippen LogP contribution is -2.38. The Bertz CT molecular complexity index is 661. The van der Waals surface area contributed by atoms with Gasteiger partial charge < -0.3 is 15.0 Å². The van der Waals surface area contributed by atoms with Gasteiger partial charge in [-0.25, -0.2) is 8.78 Å². The van der Waals surface area contributed by atoms with Crippen LogP contribution in [0.5, 0.6) is 0 Å². The number of ether oxygens (including phenoxy) is 1. The van der Waals surface area contributed by atoms with E-state index in [-0.39, 0.29) is 12.3 Å². The van der Waals surface area contributed by atoms with Crippen molar-refractivity contribution in [2.75, 3.05) is 26.3 Å². The van der Waals surface area contributed by atoms with E-state index < -0.39 is 5.92 Å². The maximum Gasteiger partial charge on any atom is 0.248 e. The molecule has 0 aromatic heterocycles. The second-order valence-electron chi connectivity index (χ2n) is 7.89. The van der Waals surface area contributed by atoms with E-state index in [1.165, 1.54) is 0 Å². The molecule has 1 N–H and O–H groups in total. The maximum absolute atomic E-state index is 13.7. The number of nitrogens with zero attached hydrogens (tertiary/aromatic N) is 1. The molecule has 0 aromatic carbocycles. The number of nitrogens with one attached hydrogen (secondary N) is 1. The molecule has 0 aromatic rings. The third-order valence-corrected chi connectivity index (χ3v) is 4.79. The number of hydrogen-bond acceptors (Lipinski definition) is 3. The van der Waals surface area contributed by atoms with E-state index in [1.54, 1.807) is 12.2 Å². The topological polar surface area (TPSA) is 24.5 Å². The molecule has 1 aliphatic heterocycles. The third-order valence-electron chi connectivity index (χ3n) is 4.79. The van der Waals surface area contributed by atoms with Crippen molar-refractivity contribution in [2.45, 2.75) is 60.3 Å². The van der Waals surface area contributed by atoms with Crippen LogP contribution in [0.4, 0.5) is 8.78 Å². The molecule has 1 aliphatic rings. The highest BCUT2D eigenvalue weighted by Gasteiger charge is 2.23. The van der Waals surface area contributed by atoms with Crippen molar-refractivity contribution in [3.8, 4) is 0 Å². The lowest BCUT2D eigenvalue weighted by molar-refractivity contribution is 0.0250. The van der Waals surface area contributed by atoms with E-state index in [0.29, 0.717) is 13.2 Å². The Hall–Kier alpha value is -1.88. The quantitative estimate of drug-likeness (QED) is 0.436. The van der Waals surface area contributed by atoms with Crippen molar-refractivity contribution in [1.82, 2.24) is 10.2 Å². The predicted octanol–water partition coefficient (Wildman–Crippen LogP) is 6.19. The number of hydrogen-bond donors (Lipinski definition) is 1. The zero-order valence-corrected chi connectivity index (χ0v) is 18.9. The Morgan fingerprint density at radius 3 is 2.31 bits per heavy atom. The molecular formula is C24H38F2N2O. The van der Waals surface area contributed by atoms with Crippen molar-refractivity contribution in [1.29, 1.82) is 0 Å². The zero-order chi connectivity index (χ0) is 22.0. The molecule has 1 rings (SSSR count). The number of rotatable bonds is 10. The summed E-state index contributed by atoms with van der Waals surface area (Å²) in [7, 11) is 0. The minimum Gasteiger partial charge on any atom is -0.378 e. The smallest absolute Gasteiger partial charge is 0.248 e. The van der Waals surface area contributed by atoms with Crippen LogP contribution in [0.3, 0.4) is 0 Å². The highest BCUT2D eigenvalue weighted by Crippen LogP contribution is 2.26. The van der Waals surface area contributed by atoms with Crippen molar-refractivity contribution >= 4 is 0 Å². The normalized spacial score (nSPS) is 18.1. The second kappa shape index (κ2) is 12.0. The summed E-state index contributed by atoms with van der Waals surface area (Å²) in [6.45, 7) is 17.9. The lowest BCUT2D eigenvalue weighted by atomic mass is 9.93. The van der Waals surface area contributed by atoms with Crippen LogP contribution in [0.25, 0.3) is 0 Å². The zero-order valence-electron chi connectivity index (χ0n) is 18.9. The molecule has 29 heavy (non-hydrogen) atoms. The summed E-state index contributed by atoms with van der Waals surface area (Å²) in [6, 6.07) is 0. The summed E-state index contributed by atoms with van der Waals surface area (Å²) in [4.78, 5) is 2.22. The summed E-state index contributed by atoms with van der Waals surface area (Å²) in [6.07, 6.45) is 8.00. The third kappa shape index (κ3) is 8.57. The molecule has 164 valence electrons.